The van der Waals surface area contributed by atoms with Gasteiger partial charge < -0.3 is 18.9 Å². The molecule has 0 N–H and O–H groups in total. The van der Waals surface area contributed by atoms with Crippen LogP contribution in [0, 0.1) is 0 Å². The van der Waals surface area contributed by atoms with Crippen molar-refractivity contribution in [3.05, 3.63) is 55.0 Å². The Morgan fingerprint density at radius 3 is 2.66 bits per heavy atom. The zero-order valence-electron chi connectivity index (χ0n) is 16.0. The van der Waals surface area contributed by atoms with Gasteiger partial charge in [0.1, 0.15) is 23.6 Å². The van der Waals surface area contributed by atoms with E-state index in [0.29, 0.717) is 18.8 Å². The Bertz CT molecular complexity index is 1150. The van der Waals surface area contributed by atoms with E-state index in [1.54, 1.807) is 13.4 Å². The summed E-state index contributed by atoms with van der Waals surface area (Å²) in [7, 11) is 1.66. The number of para-hydroxylation sites is 2. The molecule has 0 spiro atoms. The monoisotopic (exact) mass is 388 g/mol. The predicted octanol–water partition coefficient (Wildman–Crippen LogP) is 3.80. The number of hydrogen-bond acceptors (Lipinski definition) is 7. The van der Waals surface area contributed by atoms with E-state index < -0.39 is 0 Å². The van der Waals surface area contributed by atoms with Crippen molar-refractivity contribution in [2.24, 2.45) is 0 Å². The van der Waals surface area contributed by atoms with Crippen molar-refractivity contribution >= 4 is 16.8 Å². The van der Waals surface area contributed by atoms with Gasteiger partial charge in [-0.3, -0.25) is 0 Å². The minimum absolute atomic E-state index is 0.688. The molecule has 0 unspecified atom stereocenters. The quantitative estimate of drug-likeness (QED) is 0.526. The first-order valence-electron chi connectivity index (χ1n) is 9.51. The van der Waals surface area contributed by atoms with Gasteiger partial charge in [0, 0.05) is 36.0 Å². The Labute approximate surface area is 167 Å². The fraction of sp³-hybridized carbons (Fsp3) is 0.227. The molecule has 7 nitrogen and oxygen atoms in total. The second-order valence-corrected chi connectivity index (χ2v) is 6.77. The molecule has 1 aliphatic rings. The van der Waals surface area contributed by atoms with E-state index in [4.69, 9.17) is 14.0 Å². The van der Waals surface area contributed by atoms with Gasteiger partial charge in [-0.25, -0.2) is 9.97 Å². The molecular formula is C22H20N4O3. The lowest BCUT2D eigenvalue weighted by atomic mass is 10.0. The SMILES string of the molecule is COc1ccccc1-c1noc2c(-c3cncnc3N3CCOCC3)cccc12. The lowest BCUT2D eigenvalue weighted by Crippen LogP contribution is -2.37. The zero-order valence-corrected chi connectivity index (χ0v) is 16.0. The summed E-state index contributed by atoms with van der Waals surface area (Å²) in [4.78, 5) is 11.0. The standard InChI is InChI=1S/C22H20N4O3/c1-27-19-8-3-2-5-16(19)20-17-7-4-6-15(21(17)29-25-20)18-13-23-14-24-22(18)26-9-11-28-12-10-26/h2-8,13-14H,9-12H2,1H3. The summed E-state index contributed by atoms with van der Waals surface area (Å²) in [5.74, 6) is 1.64. The van der Waals surface area contributed by atoms with Crippen LogP contribution in [0.25, 0.3) is 33.4 Å². The lowest BCUT2D eigenvalue weighted by Gasteiger charge is -2.29. The number of aromatic nitrogens is 3. The molecule has 146 valence electrons. The first kappa shape index (κ1) is 17.6. The molecule has 1 saturated heterocycles. The average Bonchev–Trinajstić information content (AvgIpc) is 3.24. The number of hydrogen-bond donors (Lipinski definition) is 0. The van der Waals surface area contributed by atoms with Crippen LogP contribution in [0.4, 0.5) is 5.82 Å². The van der Waals surface area contributed by atoms with Crippen LogP contribution >= 0.6 is 0 Å². The smallest absolute Gasteiger partial charge is 0.175 e. The van der Waals surface area contributed by atoms with Crippen molar-refractivity contribution in [1.29, 1.82) is 0 Å². The van der Waals surface area contributed by atoms with Gasteiger partial charge >= 0.3 is 0 Å². The number of rotatable bonds is 4. The normalized spacial score (nSPS) is 14.3. The molecule has 1 fully saturated rings. The van der Waals surface area contributed by atoms with Crippen LogP contribution in [-0.2, 0) is 4.74 Å². The summed E-state index contributed by atoms with van der Waals surface area (Å²) >= 11 is 0. The molecule has 0 atom stereocenters. The number of anilines is 1. The fourth-order valence-electron chi connectivity index (χ4n) is 3.75. The highest BCUT2D eigenvalue weighted by Gasteiger charge is 2.22. The number of methoxy groups -OCH3 is 1. The van der Waals surface area contributed by atoms with Gasteiger partial charge in [-0.1, -0.05) is 29.4 Å². The van der Waals surface area contributed by atoms with Gasteiger partial charge in [-0.2, -0.15) is 0 Å². The van der Waals surface area contributed by atoms with Gasteiger partial charge in [-0.05, 0) is 18.2 Å². The number of morpholine rings is 1. The van der Waals surface area contributed by atoms with E-state index in [9.17, 15) is 0 Å². The molecule has 3 heterocycles. The predicted molar refractivity (Wildman–Crippen MR) is 110 cm³/mol. The Morgan fingerprint density at radius 2 is 1.79 bits per heavy atom. The van der Waals surface area contributed by atoms with Gasteiger partial charge in [0.15, 0.2) is 5.58 Å². The highest BCUT2D eigenvalue weighted by atomic mass is 16.5. The van der Waals surface area contributed by atoms with Crippen molar-refractivity contribution in [2.45, 2.75) is 0 Å². The van der Waals surface area contributed by atoms with Gasteiger partial charge in [0.05, 0.1) is 25.7 Å². The Morgan fingerprint density at radius 1 is 0.966 bits per heavy atom. The summed E-state index contributed by atoms with van der Waals surface area (Å²) in [6.07, 6.45) is 3.41. The third kappa shape index (κ3) is 3.09. The Kier molecular flexibility index (Phi) is 4.57. The molecule has 29 heavy (non-hydrogen) atoms. The first-order chi connectivity index (χ1) is 14.4. The number of fused-ring (bicyclic) bond motifs is 1. The van der Waals surface area contributed by atoms with Crippen LogP contribution in [0.15, 0.2) is 59.5 Å². The molecule has 0 bridgehead atoms. The van der Waals surface area contributed by atoms with Crippen LogP contribution in [0.3, 0.4) is 0 Å². The molecule has 4 aromatic rings. The average molecular weight is 388 g/mol. The number of benzene rings is 2. The third-order valence-electron chi connectivity index (χ3n) is 5.15. The van der Waals surface area contributed by atoms with E-state index in [-0.39, 0.29) is 0 Å². The number of nitrogens with zero attached hydrogens (tertiary/aromatic N) is 4. The van der Waals surface area contributed by atoms with Gasteiger partial charge in [-0.15, -0.1) is 0 Å². The second-order valence-electron chi connectivity index (χ2n) is 6.77. The highest BCUT2D eigenvalue weighted by Crippen LogP contribution is 2.39. The van der Waals surface area contributed by atoms with E-state index in [2.05, 4.69) is 20.0 Å². The van der Waals surface area contributed by atoms with Crippen LogP contribution in [0.2, 0.25) is 0 Å². The second kappa shape index (κ2) is 7.52. The van der Waals surface area contributed by atoms with E-state index in [1.807, 2.05) is 48.7 Å². The van der Waals surface area contributed by atoms with Gasteiger partial charge in [0.2, 0.25) is 0 Å². The molecule has 0 saturated carbocycles. The van der Waals surface area contributed by atoms with Crippen molar-refractivity contribution in [3.63, 3.8) is 0 Å². The topological polar surface area (TPSA) is 73.5 Å². The zero-order chi connectivity index (χ0) is 19.6. The molecule has 7 heteroatoms. The Balaban J connectivity index is 1.66. The van der Waals surface area contributed by atoms with Crippen LogP contribution in [-0.4, -0.2) is 48.5 Å². The summed E-state index contributed by atoms with van der Waals surface area (Å²) in [6, 6.07) is 13.8. The van der Waals surface area contributed by atoms with Crippen LogP contribution in [0.1, 0.15) is 0 Å². The lowest BCUT2D eigenvalue weighted by molar-refractivity contribution is 0.122. The summed E-state index contributed by atoms with van der Waals surface area (Å²) in [5, 5.41) is 5.29. The van der Waals surface area contributed by atoms with Crippen LogP contribution < -0.4 is 9.64 Å². The molecule has 1 aliphatic heterocycles. The molecule has 2 aromatic carbocycles. The molecular weight excluding hydrogens is 368 g/mol. The maximum Gasteiger partial charge on any atom is 0.175 e. The molecule has 0 radical (unpaired) electrons. The van der Waals surface area contributed by atoms with E-state index >= 15 is 0 Å². The first-order valence-corrected chi connectivity index (χ1v) is 9.51. The summed E-state index contributed by atoms with van der Waals surface area (Å²) in [5.41, 5.74) is 4.19. The van der Waals surface area contributed by atoms with Crippen molar-refractivity contribution in [3.8, 4) is 28.1 Å². The van der Waals surface area contributed by atoms with Crippen molar-refractivity contribution in [2.75, 3.05) is 38.3 Å². The summed E-state index contributed by atoms with van der Waals surface area (Å²) < 4.78 is 16.8. The van der Waals surface area contributed by atoms with Crippen molar-refractivity contribution < 1.29 is 14.0 Å². The maximum atomic E-state index is 5.83. The van der Waals surface area contributed by atoms with E-state index in [0.717, 1.165) is 52.4 Å². The minimum atomic E-state index is 0.688. The molecule has 5 rings (SSSR count). The fourth-order valence-corrected chi connectivity index (χ4v) is 3.75. The molecule has 0 aliphatic carbocycles. The maximum absolute atomic E-state index is 5.83. The Hall–Kier alpha value is -3.45. The highest BCUT2D eigenvalue weighted by molar-refractivity contribution is 6.01. The molecule has 2 aromatic heterocycles. The van der Waals surface area contributed by atoms with Crippen molar-refractivity contribution in [1.82, 2.24) is 15.1 Å². The van der Waals surface area contributed by atoms with Crippen LogP contribution in [0.5, 0.6) is 5.75 Å². The van der Waals surface area contributed by atoms with E-state index in [1.165, 1.54) is 0 Å². The van der Waals surface area contributed by atoms with Gasteiger partial charge in [0.25, 0.3) is 0 Å². The number of ether oxygens (including phenoxy) is 2. The minimum Gasteiger partial charge on any atom is -0.496 e. The molecule has 0 amide bonds. The summed E-state index contributed by atoms with van der Waals surface area (Å²) in [6.45, 7) is 2.97. The largest absolute Gasteiger partial charge is 0.496 e. The third-order valence-corrected chi connectivity index (χ3v) is 5.15.